The SMILES string of the molecule is O=c1[nH]c2cnc(-c3cnc4ccccn34)nc2n1-c1ccccc1F. The maximum atomic E-state index is 14.2. The number of rotatable bonds is 2. The molecule has 0 aliphatic heterocycles. The van der Waals surface area contributed by atoms with Crippen LogP contribution in [0, 0.1) is 5.82 Å². The highest BCUT2D eigenvalue weighted by Crippen LogP contribution is 2.21. The highest BCUT2D eigenvalue weighted by molar-refractivity contribution is 5.74. The molecule has 0 radical (unpaired) electrons. The molecule has 0 bridgehead atoms. The zero-order valence-corrected chi connectivity index (χ0v) is 13.3. The van der Waals surface area contributed by atoms with Crippen LogP contribution in [0.1, 0.15) is 0 Å². The Kier molecular flexibility index (Phi) is 2.99. The summed E-state index contributed by atoms with van der Waals surface area (Å²) in [6.07, 6.45) is 5.03. The molecule has 1 N–H and O–H groups in total. The van der Waals surface area contributed by atoms with Gasteiger partial charge in [-0.25, -0.2) is 28.7 Å². The van der Waals surface area contributed by atoms with Crippen LogP contribution < -0.4 is 5.69 Å². The van der Waals surface area contributed by atoms with E-state index in [4.69, 9.17) is 0 Å². The summed E-state index contributed by atoms with van der Waals surface area (Å²) in [6.45, 7) is 0. The van der Waals surface area contributed by atoms with E-state index in [0.717, 1.165) is 5.65 Å². The number of nitrogens with one attached hydrogen (secondary N) is 1. The Morgan fingerprint density at radius 1 is 1.00 bits per heavy atom. The van der Waals surface area contributed by atoms with Crippen molar-refractivity contribution in [3.05, 3.63) is 77.4 Å². The molecule has 5 rings (SSSR count). The number of para-hydroxylation sites is 1. The van der Waals surface area contributed by atoms with Crippen LogP contribution in [0.3, 0.4) is 0 Å². The second-order valence-corrected chi connectivity index (χ2v) is 5.72. The van der Waals surface area contributed by atoms with Crippen LogP contribution in [-0.4, -0.2) is 28.9 Å². The Balaban J connectivity index is 1.79. The molecule has 0 atom stereocenters. The van der Waals surface area contributed by atoms with Gasteiger partial charge in [-0.3, -0.25) is 4.40 Å². The molecule has 0 saturated heterocycles. The maximum Gasteiger partial charge on any atom is 0.332 e. The fourth-order valence-electron chi connectivity index (χ4n) is 2.98. The molecule has 0 amide bonds. The van der Waals surface area contributed by atoms with Crippen molar-refractivity contribution < 1.29 is 4.39 Å². The van der Waals surface area contributed by atoms with Crippen LogP contribution in [0.25, 0.3) is 34.0 Å². The maximum absolute atomic E-state index is 14.2. The van der Waals surface area contributed by atoms with E-state index in [0.29, 0.717) is 22.7 Å². The molecule has 1 aromatic carbocycles. The zero-order chi connectivity index (χ0) is 17.7. The van der Waals surface area contributed by atoms with Crippen LogP contribution in [-0.2, 0) is 0 Å². The van der Waals surface area contributed by atoms with Crippen molar-refractivity contribution >= 4 is 16.8 Å². The first-order chi connectivity index (χ1) is 12.7. The van der Waals surface area contributed by atoms with Crippen LogP contribution in [0.15, 0.2) is 65.8 Å². The van der Waals surface area contributed by atoms with E-state index < -0.39 is 11.5 Å². The number of H-pyrrole nitrogens is 1. The third-order valence-corrected chi connectivity index (χ3v) is 4.16. The molecule has 0 aliphatic carbocycles. The molecule has 0 spiro atoms. The molecule has 8 heteroatoms. The van der Waals surface area contributed by atoms with Crippen molar-refractivity contribution in [3.63, 3.8) is 0 Å². The number of aromatic amines is 1. The topological polar surface area (TPSA) is 80.9 Å². The van der Waals surface area contributed by atoms with E-state index in [9.17, 15) is 9.18 Å². The molecule has 26 heavy (non-hydrogen) atoms. The predicted molar refractivity (Wildman–Crippen MR) is 93.6 cm³/mol. The Hall–Kier alpha value is -3.81. The van der Waals surface area contributed by atoms with E-state index in [-0.39, 0.29) is 5.69 Å². The van der Waals surface area contributed by atoms with Gasteiger partial charge in [-0.15, -0.1) is 0 Å². The number of aromatic nitrogens is 6. The standard InChI is InChI=1S/C18H11FN6O/c19-11-5-1-2-6-13(11)25-17-12(22-18(25)26)9-21-16(23-17)14-10-20-15-7-3-4-8-24(14)15/h1-10H,(H,22,26). The number of imidazole rings is 2. The number of hydrogen-bond donors (Lipinski definition) is 1. The first kappa shape index (κ1) is 14.5. The minimum absolute atomic E-state index is 0.131. The molecule has 5 aromatic rings. The first-order valence-electron chi connectivity index (χ1n) is 7.87. The first-order valence-corrected chi connectivity index (χ1v) is 7.87. The van der Waals surface area contributed by atoms with Gasteiger partial charge in [0.2, 0.25) is 0 Å². The molecule has 126 valence electrons. The van der Waals surface area contributed by atoms with Gasteiger partial charge in [0, 0.05) is 6.20 Å². The normalized spacial score (nSPS) is 11.4. The zero-order valence-electron chi connectivity index (χ0n) is 13.3. The molecule has 4 aromatic heterocycles. The second-order valence-electron chi connectivity index (χ2n) is 5.72. The molecule has 0 aliphatic rings. The number of fused-ring (bicyclic) bond motifs is 2. The lowest BCUT2D eigenvalue weighted by molar-refractivity contribution is 0.617. The Morgan fingerprint density at radius 3 is 2.73 bits per heavy atom. The van der Waals surface area contributed by atoms with Gasteiger partial charge in [0.25, 0.3) is 0 Å². The van der Waals surface area contributed by atoms with Crippen molar-refractivity contribution in [1.29, 1.82) is 0 Å². The van der Waals surface area contributed by atoms with Gasteiger partial charge in [-0.05, 0) is 24.3 Å². The summed E-state index contributed by atoms with van der Waals surface area (Å²) in [5, 5.41) is 0. The van der Waals surface area contributed by atoms with Crippen LogP contribution >= 0.6 is 0 Å². The van der Waals surface area contributed by atoms with E-state index in [1.165, 1.54) is 22.9 Å². The van der Waals surface area contributed by atoms with Crippen molar-refractivity contribution in [2.75, 3.05) is 0 Å². The van der Waals surface area contributed by atoms with Crippen molar-refractivity contribution in [2.24, 2.45) is 0 Å². The molecule has 0 fully saturated rings. The third kappa shape index (κ3) is 2.05. The van der Waals surface area contributed by atoms with Crippen molar-refractivity contribution in [3.8, 4) is 17.2 Å². The van der Waals surface area contributed by atoms with Gasteiger partial charge >= 0.3 is 5.69 Å². The number of nitrogens with zero attached hydrogens (tertiary/aromatic N) is 5. The van der Waals surface area contributed by atoms with E-state index >= 15 is 0 Å². The lowest BCUT2D eigenvalue weighted by Crippen LogP contribution is -2.16. The van der Waals surface area contributed by atoms with Gasteiger partial charge in [0.05, 0.1) is 18.1 Å². The van der Waals surface area contributed by atoms with E-state index in [1.807, 2.05) is 28.8 Å². The van der Waals surface area contributed by atoms with Gasteiger partial charge < -0.3 is 4.98 Å². The number of halogens is 1. The summed E-state index contributed by atoms with van der Waals surface area (Å²) in [5.74, 6) is -0.120. The van der Waals surface area contributed by atoms with E-state index in [1.54, 1.807) is 18.3 Å². The Morgan fingerprint density at radius 2 is 1.85 bits per heavy atom. The van der Waals surface area contributed by atoms with Gasteiger partial charge in [-0.2, -0.15) is 0 Å². The molecule has 0 unspecified atom stereocenters. The van der Waals surface area contributed by atoms with Crippen LogP contribution in [0.4, 0.5) is 4.39 Å². The monoisotopic (exact) mass is 346 g/mol. The minimum atomic E-state index is -0.509. The van der Waals surface area contributed by atoms with Gasteiger partial charge in [0.15, 0.2) is 11.5 Å². The fraction of sp³-hybridized carbons (Fsp3) is 0. The summed E-state index contributed by atoms with van der Waals surface area (Å²) < 4.78 is 17.3. The van der Waals surface area contributed by atoms with Crippen LogP contribution in [0.2, 0.25) is 0 Å². The van der Waals surface area contributed by atoms with Gasteiger partial charge in [0.1, 0.15) is 22.7 Å². The smallest absolute Gasteiger partial charge is 0.303 e. The highest BCUT2D eigenvalue weighted by Gasteiger charge is 2.16. The summed E-state index contributed by atoms with van der Waals surface area (Å²) >= 11 is 0. The van der Waals surface area contributed by atoms with Crippen LogP contribution in [0.5, 0.6) is 0 Å². The fourth-order valence-corrected chi connectivity index (χ4v) is 2.98. The predicted octanol–water partition coefficient (Wildman–Crippen LogP) is 2.56. The molecule has 4 heterocycles. The quantitative estimate of drug-likeness (QED) is 0.533. The molecule has 7 nitrogen and oxygen atoms in total. The summed E-state index contributed by atoms with van der Waals surface area (Å²) in [6, 6.07) is 11.7. The number of hydrogen-bond acceptors (Lipinski definition) is 4. The molecular formula is C18H11FN6O. The molecular weight excluding hydrogens is 335 g/mol. The Bertz CT molecular complexity index is 1330. The molecule has 0 saturated carbocycles. The third-order valence-electron chi connectivity index (χ3n) is 4.16. The Labute approximate surface area is 145 Å². The highest BCUT2D eigenvalue weighted by atomic mass is 19.1. The van der Waals surface area contributed by atoms with Crippen molar-refractivity contribution in [1.82, 2.24) is 28.9 Å². The summed E-state index contributed by atoms with van der Waals surface area (Å²) in [7, 11) is 0. The number of benzene rings is 1. The second kappa shape index (κ2) is 5.35. The largest absolute Gasteiger partial charge is 0.332 e. The lowest BCUT2D eigenvalue weighted by Gasteiger charge is -2.05. The average Bonchev–Trinajstić information content (AvgIpc) is 3.22. The lowest BCUT2D eigenvalue weighted by atomic mass is 10.3. The van der Waals surface area contributed by atoms with Crippen molar-refractivity contribution in [2.45, 2.75) is 0 Å². The summed E-state index contributed by atoms with van der Waals surface area (Å²) in [4.78, 5) is 28.2. The summed E-state index contributed by atoms with van der Waals surface area (Å²) in [5.41, 5.74) is 1.82. The van der Waals surface area contributed by atoms with Gasteiger partial charge in [-0.1, -0.05) is 18.2 Å². The minimum Gasteiger partial charge on any atom is -0.303 e. The average molecular weight is 346 g/mol. The number of pyridine rings is 1. The van der Waals surface area contributed by atoms with E-state index in [2.05, 4.69) is 19.9 Å².